The summed E-state index contributed by atoms with van der Waals surface area (Å²) in [7, 11) is 0. The third kappa shape index (κ3) is 6.66. The van der Waals surface area contributed by atoms with E-state index in [4.69, 9.17) is 4.42 Å². The van der Waals surface area contributed by atoms with E-state index in [1.54, 1.807) is 44.2 Å². The number of hydrogen-bond acceptors (Lipinski definition) is 6. The van der Waals surface area contributed by atoms with Gasteiger partial charge in [0.05, 0.1) is 5.56 Å². The first-order valence-electron chi connectivity index (χ1n) is 14.8. The number of rotatable bonds is 12. The Hall–Kier alpha value is -4.93. The third-order valence-electron chi connectivity index (χ3n) is 8.65. The number of aryl methyl sites for hydroxylation is 2. The first-order chi connectivity index (χ1) is 21.0. The molecule has 11 heteroatoms. The average Bonchev–Trinajstić information content (AvgIpc) is 3.32. The van der Waals surface area contributed by atoms with Crippen molar-refractivity contribution >= 4 is 35.0 Å². The molecule has 0 unspecified atom stereocenters. The van der Waals surface area contributed by atoms with Crippen LogP contribution in [0.2, 0.25) is 0 Å². The number of carbonyl (C=O) groups excluding carboxylic acids is 4. The van der Waals surface area contributed by atoms with E-state index >= 15 is 0 Å². The normalized spacial score (nSPS) is 20.6. The van der Waals surface area contributed by atoms with E-state index in [1.165, 1.54) is 22.9 Å². The molecule has 3 aliphatic carbocycles. The molecule has 2 bridgehead atoms. The number of furan rings is 1. The van der Waals surface area contributed by atoms with Gasteiger partial charge in [-0.25, -0.2) is 0 Å². The van der Waals surface area contributed by atoms with Gasteiger partial charge in [0.2, 0.25) is 17.7 Å². The van der Waals surface area contributed by atoms with Crippen LogP contribution in [0.3, 0.4) is 0 Å². The highest BCUT2D eigenvalue weighted by Gasteiger charge is 2.63. The molecule has 4 amide bonds. The second-order valence-electron chi connectivity index (χ2n) is 11.7. The number of para-hydroxylation sites is 1. The van der Waals surface area contributed by atoms with Crippen LogP contribution in [-0.2, 0) is 20.9 Å². The molecule has 2 heterocycles. The van der Waals surface area contributed by atoms with Gasteiger partial charge in [0, 0.05) is 17.4 Å². The number of carbonyl (C=O) groups is 4. The predicted octanol–water partition coefficient (Wildman–Crippen LogP) is 3.69. The van der Waals surface area contributed by atoms with Crippen LogP contribution in [0.1, 0.15) is 54.5 Å². The van der Waals surface area contributed by atoms with Crippen molar-refractivity contribution < 1.29 is 23.6 Å². The molecule has 3 fully saturated rings. The molecule has 2 aromatic heterocycles. The fraction of sp³-hybridized carbons (Fsp3) is 0.364. The lowest BCUT2D eigenvalue weighted by molar-refractivity contribution is -0.151. The summed E-state index contributed by atoms with van der Waals surface area (Å²) in [5.74, 6) is 0.392. The van der Waals surface area contributed by atoms with Gasteiger partial charge < -0.3 is 30.3 Å². The van der Waals surface area contributed by atoms with Crippen LogP contribution in [0, 0.1) is 25.7 Å². The van der Waals surface area contributed by atoms with Gasteiger partial charge in [0.1, 0.15) is 29.8 Å². The summed E-state index contributed by atoms with van der Waals surface area (Å²) in [5, 5.41) is 11.2. The Kier molecular flexibility index (Phi) is 8.84. The number of hydrogen-bond donors (Lipinski definition) is 4. The number of nitrogens with one attached hydrogen (secondary N) is 4. The van der Waals surface area contributed by atoms with Crippen LogP contribution in [0.15, 0.2) is 76.1 Å². The van der Waals surface area contributed by atoms with Crippen LogP contribution in [0.25, 0.3) is 0 Å². The summed E-state index contributed by atoms with van der Waals surface area (Å²) < 4.78 is 6.71. The molecule has 44 heavy (non-hydrogen) atoms. The topological polar surface area (TPSA) is 152 Å². The molecule has 230 valence electrons. The number of amides is 4. The zero-order chi connectivity index (χ0) is 31.4. The van der Waals surface area contributed by atoms with Gasteiger partial charge >= 0.3 is 0 Å². The predicted molar refractivity (Wildman–Crippen MR) is 165 cm³/mol. The lowest BCUT2D eigenvalue weighted by Crippen LogP contribution is -2.74. The molecule has 4 N–H and O–H groups in total. The third-order valence-corrected chi connectivity index (χ3v) is 8.65. The zero-order valence-corrected chi connectivity index (χ0v) is 25.0. The molecule has 3 aromatic rings. The number of aromatic nitrogens is 1. The highest BCUT2D eigenvalue weighted by molar-refractivity contribution is 6.02. The van der Waals surface area contributed by atoms with Crippen molar-refractivity contribution in [1.82, 2.24) is 15.2 Å². The molecular weight excluding hydrogens is 562 g/mol. The fourth-order valence-corrected chi connectivity index (χ4v) is 5.92. The van der Waals surface area contributed by atoms with Crippen molar-refractivity contribution in [2.24, 2.45) is 11.8 Å². The summed E-state index contributed by atoms with van der Waals surface area (Å²) in [6, 6.07) is 12.6. The van der Waals surface area contributed by atoms with Crippen LogP contribution >= 0.6 is 0 Å². The monoisotopic (exact) mass is 599 g/mol. The quantitative estimate of drug-likeness (QED) is 0.233. The molecular formula is C33H37N5O6. The van der Waals surface area contributed by atoms with E-state index in [1.807, 2.05) is 18.2 Å². The Labute approximate surface area is 255 Å². The number of benzene rings is 1. The maximum atomic E-state index is 13.4. The molecule has 0 spiro atoms. The standard InChI is InChI=1S/C33H37N5O6/c1-20-16-25(22(3)44-20)30(41)35-26(12-7-8-14-28(39)34-24-10-5-4-6-11-24)31(42)36-27-13-9-15-38(32(27)43)19-29(40)37-33-17-23(18-33)21(33)2/h4-6,8-11,13-16,21,23,26H,7,12,17-19H2,1-3H3,(H,34,39)(H,35,41)(H,36,42)(H,37,40)/b14-8+/t21-,23?,26-,33?/m0/s1. The van der Waals surface area contributed by atoms with Crippen molar-refractivity contribution in [2.45, 2.75) is 64.6 Å². The van der Waals surface area contributed by atoms with E-state index in [9.17, 15) is 24.0 Å². The van der Waals surface area contributed by atoms with Gasteiger partial charge in [-0.05, 0) is 87.8 Å². The first-order valence-corrected chi connectivity index (χ1v) is 14.8. The Bertz CT molecular complexity index is 1650. The van der Waals surface area contributed by atoms with E-state index in [2.05, 4.69) is 28.2 Å². The number of allylic oxidation sites excluding steroid dienone is 1. The summed E-state index contributed by atoms with van der Waals surface area (Å²) in [6.45, 7) is 5.33. The Morgan fingerprint density at radius 3 is 2.45 bits per heavy atom. The van der Waals surface area contributed by atoms with Gasteiger partial charge in [0.15, 0.2) is 0 Å². The van der Waals surface area contributed by atoms with Gasteiger partial charge in [-0.1, -0.05) is 31.2 Å². The van der Waals surface area contributed by atoms with Crippen LogP contribution < -0.4 is 26.8 Å². The molecule has 0 aliphatic heterocycles. The number of pyridine rings is 1. The van der Waals surface area contributed by atoms with Gasteiger partial charge in [-0.2, -0.15) is 0 Å². The van der Waals surface area contributed by atoms with Gasteiger partial charge in [-0.3, -0.25) is 24.0 Å². The SMILES string of the molecule is Cc1cc(C(=O)N[C@@H](CC/C=C/C(=O)Nc2ccccc2)C(=O)Nc2cccn(CC(=O)NC34CC(C3)[C@@H]4C)c2=O)c(C)o1. The van der Waals surface area contributed by atoms with E-state index in [0.29, 0.717) is 34.6 Å². The van der Waals surface area contributed by atoms with E-state index < -0.39 is 23.4 Å². The van der Waals surface area contributed by atoms with Gasteiger partial charge in [-0.15, -0.1) is 0 Å². The summed E-state index contributed by atoms with van der Waals surface area (Å²) in [4.78, 5) is 64.6. The highest BCUT2D eigenvalue weighted by atomic mass is 16.3. The maximum Gasteiger partial charge on any atom is 0.274 e. The minimum atomic E-state index is -1.04. The van der Waals surface area contributed by atoms with Gasteiger partial charge in [0.25, 0.3) is 11.5 Å². The Morgan fingerprint density at radius 2 is 1.82 bits per heavy atom. The van der Waals surface area contributed by atoms with Crippen molar-refractivity contribution in [1.29, 1.82) is 0 Å². The second-order valence-corrected chi connectivity index (χ2v) is 11.7. The Balaban J connectivity index is 1.24. The van der Waals surface area contributed by atoms with Crippen molar-refractivity contribution in [3.8, 4) is 0 Å². The maximum absolute atomic E-state index is 13.4. The smallest absolute Gasteiger partial charge is 0.274 e. The molecule has 6 rings (SSSR count). The average molecular weight is 600 g/mol. The molecule has 3 saturated carbocycles. The van der Waals surface area contributed by atoms with Crippen molar-refractivity contribution in [2.75, 3.05) is 10.6 Å². The minimum absolute atomic E-state index is 0.0171. The molecule has 0 radical (unpaired) electrons. The minimum Gasteiger partial charge on any atom is -0.466 e. The lowest BCUT2D eigenvalue weighted by atomic mass is 9.43. The summed E-state index contributed by atoms with van der Waals surface area (Å²) in [5.41, 5.74) is 0.245. The van der Waals surface area contributed by atoms with Crippen LogP contribution in [0.4, 0.5) is 11.4 Å². The highest BCUT2D eigenvalue weighted by Crippen LogP contribution is 2.61. The van der Waals surface area contributed by atoms with E-state index in [0.717, 1.165) is 12.8 Å². The number of nitrogens with zero attached hydrogens (tertiary/aromatic N) is 1. The molecule has 3 aliphatic rings. The first kappa shape index (κ1) is 30.5. The Morgan fingerprint density at radius 1 is 1.07 bits per heavy atom. The summed E-state index contributed by atoms with van der Waals surface area (Å²) in [6.07, 6.45) is 6.85. The molecule has 2 atom stereocenters. The molecule has 1 aromatic carbocycles. The largest absolute Gasteiger partial charge is 0.466 e. The number of anilines is 2. The zero-order valence-electron chi connectivity index (χ0n) is 25.0. The molecule has 0 saturated heterocycles. The second kappa shape index (κ2) is 12.7. The van der Waals surface area contributed by atoms with Crippen molar-refractivity contribution in [3.63, 3.8) is 0 Å². The van der Waals surface area contributed by atoms with Crippen LogP contribution in [-0.4, -0.2) is 39.8 Å². The summed E-state index contributed by atoms with van der Waals surface area (Å²) >= 11 is 0. The van der Waals surface area contributed by atoms with E-state index in [-0.39, 0.29) is 42.4 Å². The molecule has 11 nitrogen and oxygen atoms in total. The fourth-order valence-electron chi connectivity index (χ4n) is 5.92. The lowest BCUT2D eigenvalue weighted by Gasteiger charge is -2.67. The van der Waals surface area contributed by atoms with Crippen LogP contribution in [0.5, 0.6) is 0 Å². The van der Waals surface area contributed by atoms with Crippen molar-refractivity contribution in [3.05, 3.63) is 94.3 Å².